The van der Waals surface area contributed by atoms with Crippen molar-refractivity contribution in [3.63, 3.8) is 0 Å². The van der Waals surface area contributed by atoms with Crippen LogP contribution in [0.25, 0.3) is 0 Å². The molecule has 0 fully saturated rings. The molecule has 18 heavy (non-hydrogen) atoms. The van der Waals surface area contributed by atoms with Gasteiger partial charge < -0.3 is 5.11 Å². The van der Waals surface area contributed by atoms with Gasteiger partial charge in [0.25, 0.3) is 0 Å². The van der Waals surface area contributed by atoms with Gasteiger partial charge in [0.1, 0.15) is 0 Å². The second-order valence-electron chi connectivity index (χ2n) is 5.30. The van der Waals surface area contributed by atoms with Crippen LogP contribution in [0.3, 0.4) is 0 Å². The minimum Gasteiger partial charge on any atom is -0.396 e. The third-order valence-corrected chi connectivity index (χ3v) is 4.37. The van der Waals surface area contributed by atoms with Gasteiger partial charge in [0.15, 0.2) is 0 Å². The first kappa shape index (κ1) is 15.2. The summed E-state index contributed by atoms with van der Waals surface area (Å²) in [4.78, 5) is 0. The van der Waals surface area contributed by atoms with Gasteiger partial charge in [0.2, 0.25) is 0 Å². The third-order valence-electron chi connectivity index (χ3n) is 4.37. The Hall–Kier alpha value is -0.830. The van der Waals surface area contributed by atoms with E-state index in [9.17, 15) is 5.11 Å². The lowest BCUT2D eigenvalue weighted by atomic mass is 9.79. The Kier molecular flexibility index (Phi) is 5.86. The van der Waals surface area contributed by atoms with Crippen LogP contribution >= 0.6 is 0 Å². The zero-order valence-electron chi connectivity index (χ0n) is 12.3. The van der Waals surface area contributed by atoms with E-state index < -0.39 is 0 Å². The second kappa shape index (κ2) is 6.93. The number of aromatic nitrogens is 2. The first-order valence-corrected chi connectivity index (χ1v) is 7.29. The lowest BCUT2D eigenvalue weighted by molar-refractivity contribution is 0.113. The van der Waals surface area contributed by atoms with E-state index in [0.29, 0.717) is 6.04 Å². The zero-order chi connectivity index (χ0) is 13.6. The summed E-state index contributed by atoms with van der Waals surface area (Å²) in [5.41, 5.74) is 1.12. The van der Waals surface area contributed by atoms with Crippen molar-refractivity contribution in [2.75, 3.05) is 6.61 Å². The van der Waals surface area contributed by atoms with Crippen molar-refractivity contribution in [2.45, 2.75) is 65.8 Å². The van der Waals surface area contributed by atoms with E-state index in [-0.39, 0.29) is 12.0 Å². The SMILES string of the molecule is CCC(CC)n1ccc(CC(CC)(CC)CO)n1. The Labute approximate surface area is 111 Å². The summed E-state index contributed by atoms with van der Waals surface area (Å²) in [6.45, 7) is 8.95. The normalized spacial score (nSPS) is 12.3. The summed E-state index contributed by atoms with van der Waals surface area (Å²) in [5.74, 6) is 0. The average molecular weight is 252 g/mol. The Bertz CT molecular complexity index is 330. The van der Waals surface area contributed by atoms with Crippen LogP contribution in [0.4, 0.5) is 0 Å². The molecule has 1 rings (SSSR count). The monoisotopic (exact) mass is 252 g/mol. The smallest absolute Gasteiger partial charge is 0.0631 e. The minimum absolute atomic E-state index is 0.00705. The molecule has 0 aliphatic rings. The highest BCUT2D eigenvalue weighted by atomic mass is 16.3. The van der Waals surface area contributed by atoms with Crippen LogP contribution in [0.1, 0.15) is 65.1 Å². The molecule has 0 spiro atoms. The van der Waals surface area contributed by atoms with Crippen molar-refractivity contribution in [3.05, 3.63) is 18.0 Å². The maximum atomic E-state index is 9.61. The Morgan fingerprint density at radius 3 is 2.28 bits per heavy atom. The van der Waals surface area contributed by atoms with Gasteiger partial charge in [-0.3, -0.25) is 4.68 Å². The van der Waals surface area contributed by atoms with E-state index in [1.165, 1.54) is 0 Å². The highest BCUT2D eigenvalue weighted by Crippen LogP contribution is 2.30. The fourth-order valence-electron chi connectivity index (χ4n) is 2.50. The van der Waals surface area contributed by atoms with Crippen LogP contribution in [0.2, 0.25) is 0 Å². The maximum Gasteiger partial charge on any atom is 0.0631 e. The summed E-state index contributed by atoms with van der Waals surface area (Å²) >= 11 is 0. The molecular formula is C15H28N2O. The predicted molar refractivity (Wildman–Crippen MR) is 75.7 cm³/mol. The van der Waals surface area contributed by atoms with Crippen molar-refractivity contribution >= 4 is 0 Å². The van der Waals surface area contributed by atoms with Gasteiger partial charge in [-0.15, -0.1) is 0 Å². The Morgan fingerprint density at radius 2 is 1.83 bits per heavy atom. The molecule has 1 heterocycles. The molecule has 0 saturated heterocycles. The first-order valence-electron chi connectivity index (χ1n) is 7.29. The van der Waals surface area contributed by atoms with Crippen molar-refractivity contribution in [3.8, 4) is 0 Å². The second-order valence-corrected chi connectivity index (χ2v) is 5.30. The van der Waals surface area contributed by atoms with Crippen molar-refractivity contribution in [1.29, 1.82) is 0 Å². The highest BCUT2D eigenvalue weighted by Gasteiger charge is 2.26. The summed E-state index contributed by atoms with van der Waals surface area (Å²) in [5, 5.41) is 14.3. The number of rotatable bonds is 8. The van der Waals surface area contributed by atoms with Crippen LogP contribution in [0.5, 0.6) is 0 Å². The molecule has 0 atom stereocenters. The van der Waals surface area contributed by atoms with Gasteiger partial charge in [0.05, 0.1) is 11.7 Å². The van der Waals surface area contributed by atoms with E-state index in [0.717, 1.165) is 37.8 Å². The molecule has 104 valence electrons. The van der Waals surface area contributed by atoms with Crippen LogP contribution in [0.15, 0.2) is 12.3 Å². The molecule has 0 aromatic carbocycles. The molecular weight excluding hydrogens is 224 g/mol. The molecule has 1 N–H and O–H groups in total. The fourth-order valence-corrected chi connectivity index (χ4v) is 2.50. The predicted octanol–water partition coefficient (Wildman–Crippen LogP) is 3.59. The lowest BCUT2D eigenvalue weighted by Gasteiger charge is -2.28. The molecule has 0 radical (unpaired) electrons. The van der Waals surface area contributed by atoms with Gasteiger partial charge in [-0.2, -0.15) is 5.10 Å². The molecule has 0 bridgehead atoms. The number of hydrogen-bond donors (Lipinski definition) is 1. The Morgan fingerprint density at radius 1 is 1.22 bits per heavy atom. The topological polar surface area (TPSA) is 38.0 Å². The molecule has 0 amide bonds. The molecule has 0 saturated carbocycles. The molecule has 0 aliphatic heterocycles. The maximum absolute atomic E-state index is 9.61. The molecule has 1 aromatic heterocycles. The van der Waals surface area contributed by atoms with E-state index in [4.69, 9.17) is 0 Å². The van der Waals surface area contributed by atoms with E-state index in [1.54, 1.807) is 0 Å². The Balaban J connectivity index is 2.79. The van der Waals surface area contributed by atoms with Crippen molar-refractivity contribution < 1.29 is 5.11 Å². The molecule has 0 aliphatic carbocycles. The number of hydrogen-bond acceptors (Lipinski definition) is 2. The number of aliphatic hydroxyl groups is 1. The van der Waals surface area contributed by atoms with Gasteiger partial charge in [-0.1, -0.05) is 27.7 Å². The third kappa shape index (κ3) is 3.35. The van der Waals surface area contributed by atoms with Crippen LogP contribution in [-0.2, 0) is 6.42 Å². The minimum atomic E-state index is 0.00705. The van der Waals surface area contributed by atoms with E-state index in [2.05, 4.69) is 49.7 Å². The molecule has 3 heteroatoms. The summed E-state index contributed by atoms with van der Waals surface area (Å²) < 4.78 is 2.09. The highest BCUT2D eigenvalue weighted by molar-refractivity contribution is 5.04. The zero-order valence-corrected chi connectivity index (χ0v) is 12.3. The molecule has 0 unspecified atom stereocenters. The number of nitrogens with zero attached hydrogens (tertiary/aromatic N) is 2. The van der Waals surface area contributed by atoms with Crippen LogP contribution < -0.4 is 0 Å². The molecule has 3 nitrogen and oxygen atoms in total. The largest absolute Gasteiger partial charge is 0.396 e. The van der Waals surface area contributed by atoms with Crippen LogP contribution in [0, 0.1) is 5.41 Å². The summed E-state index contributed by atoms with van der Waals surface area (Å²) in [6, 6.07) is 2.61. The average Bonchev–Trinajstić information content (AvgIpc) is 2.86. The van der Waals surface area contributed by atoms with Gasteiger partial charge in [-0.05, 0) is 43.6 Å². The quantitative estimate of drug-likeness (QED) is 0.768. The first-order chi connectivity index (χ1) is 8.64. The van der Waals surface area contributed by atoms with Crippen molar-refractivity contribution in [2.24, 2.45) is 5.41 Å². The van der Waals surface area contributed by atoms with E-state index in [1.807, 2.05) is 0 Å². The van der Waals surface area contributed by atoms with E-state index >= 15 is 0 Å². The standard InChI is InChI=1S/C15H28N2O/c1-5-14(6-2)17-10-9-13(16-17)11-15(7-3,8-4)12-18/h9-10,14,18H,5-8,11-12H2,1-4H3. The fraction of sp³-hybridized carbons (Fsp3) is 0.800. The van der Waals surface area contributed by atoms with Crippen LogP contribution in [-0.4, -0.2) is 21.5 Å². The number of aliphatic hydroxyl groups excluding tert-OH is 1. The van der Waals surface area contributed by atoms with Gasteiger partial charge in [-0.25, -0.2) is 0 Å². The molecule has 1 aromatic rings. The summed E-state index contributed by atoms with van der Waals surface area (Å²) in [6.07, 6.45) is 7.19. The summed E-state index contributed by atoms with van der Waals surface area (Å²) in [7, 11) is 0. The van der Waals surface area contributed by atoms with Gasteiger partial charge in [0, 0.05) is 12.8 Å². The van der Waals surface area contributed by atoms with Gasteiger partial charge >= 0.3 is 0 Å². The lowest BCUT2D eigenvalue weighted by Crippen LogP contribution is -2.27. The van der Waals surface area contributed by atoms with Crippen molar-refractivity contribution in [1.82, 2.24) is 9.78 Å².